The maximum atomic E-state index is 12.3. The predicted molar refractivity (Wildman–Crippen MR) is 115 cm³/mol. The molecule has 0 aliphatic carbocycles. The molecule has 1 saturated heterocycles. The van der Waals surface area contributed by atoms with E-state index in [0.29, 0.717) is 6.54 Å². The number of benzene rings is 1. The van der Waals surface area contributed by atoms with Crippen molar-refractivity contribution in [3.8, 4) is 0 Å². The molecule has 2 heterocycles. The summed E-state index contributed by atoms with van der Waals surface area (Å²) < 4.78 is 0. The van der Waals surface area contributed by atoms with Crippen LogP contribution in [0.4, 0.5) is 11.4 Å². The number of likely N-dealkylation sites (N-methyl/N-ethyl adjacent to an activating group) is 1. The van der Waals surface area contributed by atoms with Crippen LogP contribution in [-0.2, 0) is 11.3 Å². The summed E-state index contributed by atoms with van der Waals surface area (Å²) in [7, 11) is 0. The van der Waals surface area contributed by atoms with Crippen molar-refractivity contribution >= 4 is 28.6 Å². The Morgan fingerprint density at radius 2 is 2.00 bits per heavy atom. The lowest BCUT2D eigenvalue weighted by molar-refractivity contribution is -0.121. The molecule has 1 fully saturated rings. The lowest BCUT2D eigenvalue weighted by atomic mass is 10.1. The molecule has 146 valence electrons. The minimum absolute atomic E-state index is 0.0163. The number of anilines is 2. The molecular weight excluding hydrogens is 356 g/mol. The summed E-state index contributed by atoms with van der Waals surface area (Å²) in [5.74, 6) is 0.0163. The van der Waals surface area contributed by atoms with Crippen LogP contribution in [0.3, 0.4) is 0 Å². The van der Waals surface area contributed by atoms with Crippen LogP contribution in [0, 0.1) is 6.92 Å². The van der Waals surface area contributed by atoms with Gasteiger partial charge in [-0.3, -0.25) is 4.79 Å². The van der Waals surface area contributed by atoms with Crippen LogP contribution in [0.5, 0.6) is 0 Å². The molecule has 1 aliphatic rings. The second-order valence-corrected chi connectivity index (χ2v) is 8.12. The molecule has 0 radical (unpaired) electrons. The zero-order valence-corrected chi connectivity index (χ0v) is 17.3. The smallest absolute Gasteiger partial charge is 0.242 e. The van der Waals surface area contributed by atoms with Gasteiger partial charge >= 0.3 is 0 Å². The average Bonchev–Trinajstić information content (AvgIpc) is 3.21. The molecule has 1 amide bonds. The number of carbonyl (C=O) groups is 1. The SMILES string of the molecule is CCN1CCN(c2ccc(NC(C)C(=O)NCc3cccs3)c(C)c2)CC1. The van der Waals surface area contributed by atoms with Crippen LogP contribution in [0.15, 0.2) is 35.7 Å². The van der Waals surface area contributed by atoms with Gasteiger partial charge in [-0.15, -0.1) is 11.3 Å². The first kappa shape index (κ1) is 19.7. The molecule has 27 heavy (non-hydrogen) atoms. The van der Waals surface area contributed by atoms with E-state index in [-0.39, 0.29) is 11.9 Å². The Hall–Kier alpha value is -2.05. The van der Waals surface area contributed by atoms with Gasteiger partial charge in [-0.05, 0) is 55.6 Å². The average molecular weight is 387 g/mol. The van der Waals surface area contributed by atoms with E-state index >= 15 is 0 Å². The highest BCUT2D eigenvalue weighted by Crippen LogP contribution is 2.24. The topological polar surface area (TPSA) is 47.6 Å². The summed E-state index contributed by atoms with van der Waals surface area (Å²) >= 11 is 1.66. The van der Waals surface area contributed by atoms with Crippen molar-refractivity contribution in [1.29, 1.82) is 0 Å². The fourth-order valence-electron chi connectivity index (χ4n) is 3.37. The number of aryl methyl sites for hydroxylation is 1. The van der Waals surface area contributed by atoms with Gasteiger partial charge in [-0.1, -0.05) is 13.0 Å². The molecule has 0 bridgehead atoms. The minimum atomic E-state index is -0.275. The van der Waals surface area contributed by atoms with E-state index in [0.717, 1.165) is 38.4 Å². The second-order valence-electron chi connectivity index (χ2n) is 7.08. The molecule has 1 atom stereocenters. The van der Waals surface area contributed by atoms with E-state index in [1.54, 1.807) is 11.3 Å². The summed E-state index contributed by atoms with van der Waals surface area (Å²) in [5.41, 5.74) is 3.46. The first-order valence-corrected chi connectivity index (χ1v) is 10.6. The van der Waals surface area contributed by atoms with E-state index in [2.05, 4.69) is 52.5 Å². The van der Waals surface area contributed by atoms with Gasteiger partial charge in [0, 0.05) is 42.4 Å². The van der Waals surface area contributed by atoms with Gasteiger partial charge in [0.2, 0.25) is 5.91 Å². The van der Waals surface area contributed by atoms with Crippen LogP contribution < -0.4 is 15.5 Å². The maximum absolute atomic E-state index is 12.3. The number of hydrogen-bond donors (Lipinski definition) is 2. The Labute approximate surface area is 166 Å². The van der Waals surface area contributed by atoms with Crippen molar-refractivity contribution in [3.63, 3.8) is 0 Å². The lowest BCUT2D eigenvalue weighted by Crippen LogP contribution is -2.46. The number of nitrogens with zero attached hydrogens (tertiary/aromatic N) is 2. The summed E-state index contributed by atoms with van der Waals surface area (Å²) in [5, 5.41) is 8.37. The second kappa shape index (κ2) is 9.24. The highest BCUT2D eigenvalue weighted by molar-refractivity contribution is 7.09. The van der Waals surface area contributed by atoms with Crippen LogP contribution in [0.2, 0.25) is 0 Å². The summed E-state index contributed by atoms with van der Waals surface area (Å²) in [4.78, 5) is 18.4. The van der Waals surface area contributed by atoms with Crippen molar-refractivity contribution in [2.45, 2.75) is 33.4 Å². The summed E-state index contributed by atoms with van der Waals surface area (Å²) in [6.07, 6.45) is 0. The first-order chi connectivity index (χ1) is 13.1. The van der Waals surface area contributed by atoms with E-state index in [9.17, 15) is 4.79 Å². The van der Waals surface area contributed by atoms with E-state index in [1.807, 2.05) is 24.4 Å². The third-order valence-electron chi connectivity index (χ3n) is 5.18. The van der Waals surface area contributed by atoms with Gasteiger partial charge < -0.3 is 20.4 Å². The number of rotatable bonds is 7. The number of piperazine rings is 1. The molecule has 5 nitrogen and oxygen atoms in total. The van der Waals surface area contributed by atoms with E-state index in [4.69, 9.17) is 0 Å². The molecular formula is C21H30N4OS. The normalized spacial score (nSPS) is 16.2. The predicted octanol–water partition coefficient (Wildman–Crippen LogP) is 3.32. The largest absolute Gasteiger partial charge is 0.374 e. The Balaban J connectivity index is 1.54. The standard InChI is InChI=1S/C21H30N4OS/c1-4-24-9-11-25(12-10-24)18-7-8-20(16(2)14-18)23-17(3)21(26)22-15-19-6-5-13-27-19/h5-8,13-14,17,23H,4,9-12,15H2,1-3H3,(H,22,26). The van der Waals surface area contributed by atoms with Gasteiger partial charge in [0.15, 0.2) is 0 Å². The summed E-state index contributed by atoms with van der Waals surface area (Å²) in [6, 6.07) is 10.2. The molecule has 1 aromatic heterocycles. The molecule has 1 aromatic carbocycles. The van der Waals surface area contributed by atoms with Crippen molar-refractivity contribution < 1.29 is 4.79 Å². The Kier molecular flexibility index (Phi) is 6.74. The number of nitrogens with one attached hydrogen (secondary N) is 2. The van der Waals surface area contributed by atoms with Crippen LogP contribution in [0.25, 0.3) is 0 Å². The van der Waals surface area contributed by atoms with Crippen LogP contribution in [0.1, 0.15) is 24.3 Å². The van der Waals surface area contributed by atoms with Crippen LogP contribution >= 0.6 is 11.3 Å². The number of amides is 1. The van der Waals surface area contributed by atoms with Crippen molar-refractivity contribution in [1.82, 2.24) is 10.2 Å². The van der Waals surface area contributed by atoms with E-state index in [1.165, 1.54) is 16.1 Å². The Bertz CT molecular complexity index is 739. The summed E-state index contributed by atoms with van der Waals surface area (Å²) in [6.45, 7) is 12.3. The number of carbonyl (C=O) groups excluding carboxylic acids is 1. The number of thiophene rings is 1. The highest BCUT2D eigenvalue weighted by Gasteiger charge is 2.17. The quantitative estimate of drug-likeness (QED) is 0.766. The lowest BCUT2D eigenvalue weighted by Gasteiger charge is -2.35. The van der Waals surface area contributed by atoms with Gasteiger partial charge in [0.05, 0.1) is 6.54 Å². The third kappa shape index (κ3) is 5.23. The van der Waals surface area contributed by atoms with Crippen LogP contribution in [-0.4, -0.2) is 49.6 Å². The molecule has 1 aliphatic heterocycles. The van der Waals surface area contributed by atoms with Crippen molar-refractivity contribution in [3.05, 3.63) is 46.2 Å². The molecule has 2 N–H and O–H groups in total. The molecule has 2 aromatic rings. The van der Waals surface area contributed by atoms with Crippen molar-refractivity contribution in [2.24, 2.45) is 0 Å². The fourth-order valence-corrected chi connectivity index (χ4v) is 4.01. The Morgan fingerprint density at radius 3 is 2.63 bits per heavy atom. The zero-order valence-electron chi connectivity index (χ0n) is 16.5. The monoisotopic (exact) mass is 386 g/mol. The fraction of sp³-hybridized carbons (Fsp3) is 0.476. The number of hydrogen-bond acceptors (Lipinski definition) is 5. The molecule has 6 heteroatoms. The van der Waals surface area contributed by atoms with Gasteiger partial charge in [-0.2, -0.15) is 0 Å². The van der Waals surface area contributed by atoms with Gasteiger partial charge in [0.1, 0.15) is 6.04 Å². The van der Waals surface area contributed by atoms with Gasteiger partial charge in [0.25, 0.3) is 0 Å². The molecule has 0 saturated carbocycles. The zero-order chi connectivity index (χ0) is 19.2. The maximum Gasteiger partial charge on any atom is 0.242 e. The molecule has 3 rings (SSSR count). The molecule has 0 spiro atoms. The Morgan fingerprint density at radius 1 is 1.22 bits per heavy atom. The minimum Gasteiger partial charge on any atom is -0.374 e. The highest BCUT2D eigenvalue weighted by atomic mass is 32.1. The van der Waals surface area contributed by atoms with E-state index < -0.39 is 0 Å². The molecule has 1 unspecified atom stereocenters. The van der Waals surface area contributed by atoms with Crippen molar-refractivity contribution in [2.75, 3.05) is 42.9 Å². The first-order valence-electron chi connectivity index (χ1n) is 9.71. The van der Waals surface area contributed by atoms with Gasteiger partial charge in [-0.25, -0.2) is 0 Å². The third-order valence-corrected chi connectivity index (χ3v) is 6.05.